The number of hydrogen-bond donors (Lipinski definition) is 1. The smallest absolute Gasteiger partial charge is 0.330 e. The van der Waals surface area contributed by atoms with Crippen LogP contribution in [0.4, 0.5) is 0 Å². The van der Waals surface area contributed by atoms with E-state index in [4.69, 9.17) is 4.74 Å². The van der Waals surface area contributed by atoms with Gasteiger partial charge in [0.05, 0.1) is 0 Å². The Labute approximate surface area is 66.8 Å². The number of ether oxygens (including phenoxy) is 1. The van der Waals surface area contributed by atoms with Crippen LogP contribution in [0.15, 0.2) is 12.7 Å². The number of hydrazine groups is 1. The summed E-state index contributed by atoms with van der Waals surface area (Å²) in [5.41, 5.74) is 2.95. The van der Waals surface area contributed by atoms with E-state index in [-0.39, 0.29) is 5.97 Å². The minimum Gasteiger partial charge on any atom is -0.461 e. The van der Waals surface area contributed by atoms with E-state index >= 15 is 0 Å². The van der Waals surface area contributed by atoms with Crippen molar-refractivity contribution < 1.29 is 9.53 Å². The first-order valence-corrected chi connectivity index (χ1v) is 3.37. The summed E-state index contributed by atoms with van der Waals surface area (Å²) in [5, 5.41) is 1.79. The molecule has 0 bridgehead atoms. The molecule has 0 aromatic carbocycles. The molecule has 0 aliphatic rings. The number of carbonyl (C=O) groups excluding carboxylic acids is 1. The molecule has 0 heterocycles. The van der Waals surface area contributed by atoms with Gasteiger partial charge in [0.25, 0.3) is 0 Å². The highest BCUT2D eigenvalue weighted by Gasteiger charge is 1.93. The van der Waals surface area contributed by atoms with Gasteiger partial charge in [-0.15, -0.1) is 0 Å². The Bertz CT molecular complexity index is 134. The lowest BCUT2D eigenvalue weighted by molar-refractivity contribution is -0.137. The molecule has 0 radical (unpaired) electrons. The second-order valence-electron chi connectivity index (χ2n) is 2.17. The second kappa shape index (κ2) is 5.88. The van der Waals surface area contributed by atoms with Crippen LogP contribution in [0.5, 0.6) is 0 Å². The Hall–Kier alpha value is -0.870. The van der Waals surface area contributed by atoms with Crippen LogP contribution in [0.25, 0.3) is 0 Å². The first-order chi connectivity index (χ1) is 5.16. The second-order valence-corrected chi connectivity index (χ2v) is 2.17. The van der Waals surface area contributed by atoms with Gasteiger partial charge in [0.15, 0.2) is 0 Å². The third-order valence-electron chi connectivity index (χ3n) is 0.941. The molecule has 1 N–H and O–H groups in total. The summed E-state index contributed by atoms with van der Waals surface area (Å²) in [7, 11) is 3.74. The third-order valence-corrected chi connectivity index (χ3v) is 0.941. The molecule has 0 fully saturated rings. The maximum Gasteiger partial charge on any atom is 0.330 e. The molecule has 0 rings (SSSR count). The summed E-state index contributed by atoms with van der Waals surface area (Å²) in [6.45, 7) is 4.25. The summed E-state index contributed by atoms with van der Waals surface area (Å²) in [6.07, 6.45) is 1.15. The topological polar surface area (TPSA) is 41.6 Å². The Morgan fingerprint density at radius 3 is 2.82 bits per heavy atom. The first-order valence-electron chi connectivity index (χ1n) is 3.37. The molecule has 0 aromatic heterocycles. The third kappa shape index (κ3) is 7.02. The molecule has 11 heavy (non-hydrogen) atoms. The summed E-state index contributed by atoms with van der Waals surface area (Å²) in [5.74, 6) is -0.384. The van der Waals surface area contributed by atoms with Crippen molar-refractivity contribution in [2.24, 2.45) is 0 Å². The van der Waals surface area contributed by atoms with E-state index in [2.05, 4.69) is 12.0 Å². The van der Waals surface area contributed by atoms with Crippen LogP contribution in [-0.4, -0.2) is 38.2 Å². The molecule has 4 heteroatoms. The summed E-state index contributed by atoms with van der Waals surface area (Å²) in [4.78, 5) is 10.5. The van der Waals surface area contributed by atoms with Crippen molar-refractivity contribution in [2.75, 3.05) is 27.2 Å². The molecule has 0 amide bonds. The largest absolute Gasteiger partial charge is 0.461 e. The van der Waals surface area contributed by atoms with Crippen LogP contribution in [-0.2, 0) is 9.53 Å². The average Bonchev–Trinajstić information content (AvgIpc) is 1.97. The van der Waals surface area contributed by atoms with E-state index in [1.807, 2.05) is 14.1 Å². The van der Waals surface area contributed by atoms with Gasteiger partial charge in [0, 0.05) is 26.7 Å². The lowest BCUT2D eigenvalue weighted by Crippen LogP contribution is -2.33. The van der Waals surface area contributed by atoms with Gasteiger partial charge in [-0.25, -0.2) is 4.79 Å². The number of nitrogens with one attached hydrogen (secondary N) is 1. The van der Waals surface area contributed by atoms with Crippen molar-refractivity contribution in [3.05, 3.63) is 12.7 Å². The van der Waals surface area contributed by atoms with Crippen molar-refractivity contribution in [1.82, 2.24) is 10.4 Å². The van der Waals surface area contributed by atoms with Crippen LogP contribution in [0.2, 0.25) is 0 Å². The van der Waals surface area contributed by atoms with Crippen LogP contribution in [0.3, 0.4) is 0 Å². The molecule has 0 aliphatic heterocycles. The quantitative estimate of drug-likeness (QED) is 0.260. The highest BCUT2D eigenvalue weighted by atomic mass is 16.5. The zero-order chi connectivity index (χ0) is 8.69. The number of nitrogens with zero attached hydrogens (tertiary/aromatic N) is 1. The number of hydrogen-bond acceptors (Lipinski definition) is 4. The van der Waals surface area contributed by atoms with Crippen LogP contribution in [0.1, 0.15) is 0 Å². The van der Waals surface area contributed by atoms with E-state index in [1.54, 1.807) is 5.01 Å². The Morgan fingerprint density at radius 1 is 1.73 bits per heavy atom. The number of esters is 1. The maximum atomic E-state index is 10.5. The molecule has 0 saturated heterocycles. The van der Waals surface area contributed by atoms with Gasteiger partial charge < -0.3 is 4.74 Å². The van der Waals surface area contributed by atoms with Crippen molar-refractivity contribution in [1.29, 1.82) is 0 Å². The minimum absolute atomic E-state index is 0.364. The Morgan fingerprint density at radius 2 is 2.36 bits per heavy atom. The summed E-state index contributed by atoms with van der Waals surface area (Å²) >= 11 is 0. The van der Waals surface area contributed by atoms with Gasteiger partial charge in [-0.1, -0.05) is 6.58 Å². The van der Waals surface area contributed by atoms with Crippen LogP contribution in [0, 0.1) is 0 Å². The Kier molecular flexibility index (Phi) is 5.42. The number of carbonyl (C=O) groups is 1. The molecule has 0 spiro atoms. The highest BCUT2D eigenvalue weighted by molar-refractivity contribution is 5.81. The fourth-order valence-corrected chi connectivity index (χ4v) is 0.480. The Balaban J connectivity index is 3.14. The van der Waals surface area contributed by atoms with Crippen LogP contribution < -0.4 is 5.43 Å². The van der Waals surface area contributed by atoms with Gasteiger partial charge in [0.2, 0.25) is 0 Å². The lowest BCUT2D eigenvalue weighted by Gasteiger charge is -2.10. The minimum atomic E-state index is -0.384. The molecule has 64 valence electrons. The normalized spacial score (nSPS) is 9.73. The van der Waals surface area contributed by atoms with E-state index in [0.29, 0.717) is 13.2 Å². The molecule has 0 unspecified atom stereocenters. The van der Waals surface area contributed by atoms with E-state index in [9.17, 15) is 4.79 Å². The predicted molar refractivity (Wildman–Crippen MR) is 42.8 cm³/mol. The molecular weight excluding hydrogens is 144 g/mol. The fourth-order valence-electron chi connectivity index (χ4n) is 0.480. The number of rotatable bonds is 5. The molecule has 0 saturated carbocycles. The summed E-state index contributed by atoms with van der Waals surface area (Å²) in [6, 6.07) is 0. The molecule has 0 atom stereocenters. The zero-order valence-corrected chi connectivity index (χ0v) is 6.96. The molecule has 0 aromatic rings. The van der Waals surface area contributed by atoms with Crippen molar-refractivity contribution >= 4 is 5.97 Å². The van der Waals surface area contributed by atoms with E-state index < -0.39 is 0 Å². The van der Waals surface area contributed by atoms with Gasteiger partial charge in [-0.2, -0.15) is 0 Å². The van der Waals surface area contributed by atoms with Crippen molar-refractivity contribution in [3.63, 3.8) is 0 Å². The van der Waals surface area contributed by atoms with Gasteiger partial charge >= 0.3 is 5.97 Å². The van der Waals surface area contributed by atoms with Crippen molar-refractivity contribution in [3.8, 4) is 0 Å². The first kappa shape index (κ1) is 10.1. The molecular formula is C7H14N2O2. The van der Waals surface area contributed by atoms with Gasteiger partial charge in [0.1, 0.15) is 6.61 Å². The fraction of sp³-hybridized carbons (Fsp3) is 0.571. The van der Waals surface area contributed by atoms with Crippen molar-refractivity contribution in [2.45, 2.75) is 0 Å². The average molecular weight is 158 g/mol. The molecule has 4 nitrogen and oxygen atoms in total. The van der Waals surface area contributed by atoms with E-state index in [0.717, 1.165) is 6.08 Å². The zero-order valence-electron chi connectivity index (χ0n) is 6.96. The standard InChI is InChI=1S/C7H14N2O2/c1-4-7(10)11-6-5-8-9(2)3/h4,8H,1,5-6H2,2-3H3. The van der Waals surface area contributed by atoms with E-state index in [1.165, 1.54) is 0 Å². The SMILES string of the molecule is C=CC(=O)OCCNN(C)C. The maximum absolute atomic E-state index is 10.5. The summed E-state index contributed by atoms with van der Waals surface area (Å²) < 4.78 is 4.70. The lowest BCUT2D eigenvalue weighted by atomic mass is 10.6. The molecule has 0 aliphatic carbocycles. The van der Waals surface area contributed by atoms with Gasteiger partial charge in [-0.3, -0.25) is 10.4 Å². The monoisotopic (exact) mass is 158 g/mol. The highest BCUT2D eigenvalue weighted by Crippen LogP contribution is 1.77. The van der Waals surface area contributed by atoms with Crippen LogP contribution >= 0.6 is 0 Å². The van der Waals surface area contributed by atoms with Gasteiger partial charge in [-0.05, 0) is 0 Å². The predicted octanol–water partition coefficient (Wildman–Crippen LogP) is -0.218.